The topological polar surface area (TPSA) is 53.4 Å². The molecule has 0 saturated carbocycles. The second kappa shape index (κ2) is 29.6. The summed E-state index contributed by atoms with van der Waals surface area (Å²) in [6.45, 7) is 32.7. The minimum Gasteiger partial charge on any atom is -0.508 e. The number of phenolic OH excluding ortho intramolecular Hbond substituents is 2. The number of hydrogen-bond acceptors (Lipinski definition) is 3. The molecule has 0 fully saturated rings. The fraction of sp³-hybridized carbons (Fsp3) is 0.348. The van der Waals surface area contributed by atoms with E-state index in [2.05, 4.69) is 218 Å². The molecule has 8 rings (SSSR count). The molecule has 7 aromatic carbocycles. The Hall–Kier alpha value is -6.19. The van der Waals surface area contributed by atoms with E-state index in [0.29, 0.717) is 47.0 Å². The first-order valence-electron chi connectivity index (χ1n) is 24.7. The summed E-state index contributed by atoms with van der Waals surface area (Å²) in [6, 6.07) is 58.2. The van der Waals surface area contributed by atoms with Gasteiger partial charge in [-0.2, -0.15) is 0 Å². The van der Waals surface area contributed by atoms with E-state index < -0.39 is 0 Å². The predicted molar refractivity (Wildman–Crippen MR) is 305 cm³/mol. The van der Waals surface area contributed by atoms with Crippen molar-refractivity contribution in [2.75, 3.05) is 0 Å². The Morgan fingerprint density at radius 1 is 0.348 bits per heavy atom. The normalized spacial score (nSPS) is 10.7. The maximum Gasteiger partial charge on any atom is 0.119 e. The molecule has 0 aliphatic carbocycles. The fourth-order valence-corrected chi connectivity index (χ4v) is 7.17. The van der Waals surface area contributed by atoms with Crippen LogP contribution in [0.25, 0.3) is 21.5 Å². The average molecular weight is 926 g/mol. The Balaban J connectivity index is 0.000000286. The van der Waals surface area contributed by atoms with Crippen molar-refractivity contribution in [3.05, 3.63) is 221 Å². The SMILES string of the molecule is C.CC(C)c1cc2ccccc2cc1O.CC(C)c1ccc(C(C)(C)C)cc1.CC(C)c1ccc2ccccc2c1.CC(C)c1ccccc1.CC(C)c1ccccc1O.CC(C)c1cccnc1. The summed E-state index contributed by atoms with van der Waals surface area (Å²) in [5.41, 5.74) is 9.28. The van der Waals surface area contributed by atoms with Gasteiger partial charge in [-0.05, 0) is 126 Å². The lowest BCUT2D eigenvalue weighted by Crippen LogP contribution is -2.10. The molecule has 3 nitrogen and oxygen atoms in total. The van der Waals surface area contributed by atoms with Gasteiger partial charge in [-0.1, -0.05) is 257 Å². The Bertz CT molecular complexity index is 2570. The number of nitrogens with zero attached hydrogens (tertiary/aromatic N) is 1. The zero-order valence-corrected chi connectivity index (χ0v) is 44.1. The molecule has 1 heterocycles. The van der Waals surface area contributed by atoms with E-state index in [9.17, 15) is 10.2 Å². The molecule has 0 saturated heterocycles. The van der Waals surface area contributed by atoms with Crippen molar-refractivity contribution in [1.82, 2.24) is 4.98 Å². The van der Waals surface area contributed by atoms with E-state index in [-0.39, 0.29) is 12.8 Å². The standard InChI is InChI=1S/C13H14O.C13H14.C13H20.C9H12O.C9H12.C8H11N.CH4/c1-9(2)12-7-10-5-3-4-6-11(10)8-13(12)14;1-10(2)12-8-7-11-5-3-4-6-13(11)9-12;1-10(2)11-6-8-12(9-7-11)13(3,4)5;1-7(2)8-5-3-4-6-9(8)10;1-8(2)9-6-4-3-5-7-9;1-7(2)8-4-3-5-9-6-8;/h3-9,14H,1-2H3;3-10H,1-2H3;6-10H,1-5H3;3-7,10H,1-2H3;3-8H,1-2H3;3-7H,1-2H3;1H4. The maximum atomic E-state index is 9.78. The van der Waals surface area contributed by atoms with Gasteiger partial charge in [-0.3, -0.25) is 4.98 Å². The molecular formula is C66H87NO2. The van der Waals surface area contributed by atoms with Crippen LogP contribution in [0.2, 0.25) is 0 Å². The molecule has 368 valence electrons. The highest BCUT2D eigenvalue weighted by atomic mass is 16.3. The summed E-state index contributed by atoms with van der Waals surface area (Å²) in [7, 11) is 0. The van der Waals surface area contributed by atoms with Gasteiger partial charge in [0.2, 0.25) is 0 Å². The maximum absolute atomic E-state index is 9.78. The summed E-state index contributed by atoms with van der Waals surface area (Å²) in [5.74, 6) is 4.07. The van der Waals surface area contributed by atoms with Gasteiger partial charge in [-0.25, -0.2) is 0 Å². The third kappa shape index (κ3) is 20.5. The summed E-state index contributed by atoms with van der Waals surface area (Å²) in [4.78, 5) is 4.01. The molecule has 1 aromatic heterocycles. The van der Waals surface area contributed by atoms with Crippen LogP contribution in [0.1, 0.15) is 186 Å². The highest BCUT2D eigenvalue weighted by molar-refractivity contribution is 5.85. The zero-order valence-electron chi connectivity index (χ0n) is 44.1. The van der Waals surface area contributed by atoms with Crippen molar-refractivity contribution in [2.24, 2.45) is 0 Å². The molecule has 3 heteroatoms. The minimum atomic E-state index is 0. The second-order valence-corrected chi connectivity index (χ2v) is 20.4. The highest BCUT2D eigenvalue weighted by Crippen LogP contribution is 2.30. The number of rotatable bonds is 6. The molecule has 0 unspecified atom stereocenters. The summed E-state index contributed by atoms with van der Waals surface area (Å²) >= 11 is 0. The van der Waals surface area contributed by atoms with Crippen molar-refractivity contribution in [1.29, 1.82) is 0 Å². The minimum absolute atomic E-state index is 0. The van der Waals surface area contributed by atoms with Crippen LogP contribution in [0.3, 0.4) is 0 Å². The van der Waals surface area contributed by atoms with Gasteiger partial charge in [-0.15, -0.1) is 0 Å². The van der Waals surface area contributed by atoms with E-state index in [1.807, 2.05) is 60.8 Å². The first kappa shape index (κ1) is 58.9. The molecule has 0 atom stereocenters. The van der Waals surface area contributed by atoms with E-state index in [0.717, 1.165) is 16.5 Å². The van der Waals surface area contributed by atoms with Crippen LogP contribution >= 0.6 is 0 Å². The molecule has 0 bridgehead atoms. The Morgan fingerprint density at radius 2 is 0.768 bits per heavy atom. The Morgan fingerprint density at radius 3 is 1.19 bits per heavy atom. The largest absolute Gasteiger partial charge is 0.508 e. The van der Waals surface area contributed by atoms with Crippen molar-refractivity contribution >= 4 is 21.5 Å². The summed E-state index contributed by atoms with van der Waals surface area (Å²) in [6.07, 6.45) is 3.70. The van der Waals surface area contributed by atoms with Crippen LogP contribution in [0.15, 0.2) is 182 Å². The molecular weight excluding hydrogens is 839 g/mol. The quantitative estimate of drug-likeness (QED) is 0.175. The first-order chi connectivity index (χ1) is 32.2. The predicted octanol–water partition coefficient (Wildman–Crippen LogP) is 19.9. The van der Waals surface area contributed by atoms with Crippen molar-refractivity contribution in [2.45, 2.75) is 152 Å². The smallest absolute Gasteiger partial charge is 0.119 e. The van der Waals surface area contributed by atoms with Gasteiger partial charge < -0.3 is 10.2 Å². The number of fused-ring (bicyclic) bond motifs is 2. The molecule has 0 radical (unpaired) electrons. The lowest BCUT2D eigenvalue weighted by Gasteiger charge is -2.19. The van der Waals surface area contributed by atoms with Crippen molar-refractivity contribution in [3.63, 3.8) is 0 Å². The molecule has 2 N–H and O–H groups in total. The van der Waals surface area contributed by atoms with Gasteiger partial charge in [0.25, 0.3) is 0 Å². The van der Waals surface area contributed by atoms with Gasteiger partial charge >= 0.3 is 0 Å². The van der Waals surface area contributed by atoms with E-state index >= 15 is 0 Å². The van der Waals surface area contributed by atoms with Crippen LogP contribution < -0.4 is 0 Å². The molecule has 69 heavy (non-hydrogen) atoms. The third-order valence-electron chi connectivity index (χ3n) is 11.8. The lowest BCUT2D eigenvalue weighted by molar-refractivity contribution is 0.464. The number of phenols is 2. The zero-order chi connectivity index (χ0) is 50.4. The Labute approximate surface area is 419 Å². The number of benzene rings is 7. The molecule has 0 spiro atoms. The van der Waals surface area contributed by atoms with Crippen LogP contribution in [0, 0.1) is 0 Å². The summed E-state index contributed by atoms with van der Waals surface area (Å²) < 4.78 is 0. The van der Waals surface area contributed by atoms with Crippen LogP contribution in [0.5, 0.6) is 11.5 Å². The van der Waals surface area contributed by atoms with E-state index in [1.54, 1.807) is 12.3 Å². The van der Waals surface area contributed by atoms with Crippen LogP contribution in [-0.2, 0) is 5.41 Å². The van der Waals surface area contributed by atoms with Crippen molar-refractivity contribution in [3.8, 4) is 11.5 Å². The fourth-order valence-electron chi connectivity index (χ4n) is 7.17. The molecule has 8 aromatic rings. The number of aromatic hydroxyl groups is 2. The summed E-state index contributed by atoms with van der Waals surface area (Å²) in [5, 5.41) is 24.0. The monoisotopic (exact) mass is 926 g/mol. The van der Waals surface area contributed by atoms with Gasteiger partial charge in [0.15, 0.2) is 0 Å². The van der Waals surface area contributed by atoms with Gasteiger partial charge in [0.1, 0.15) is 11.5 Å². The molecule has 0 aliphatic heterocycles. The second-order valence-electron chi connectivity index (χ2n) is 20.4. The molecule has 0 amide bonds. The lowest BCUT2D eigenvalue weighted by atomic mass is 9.86. The first-order valence-corrected chi connectivity index (χ1v) is 24.7. The number of hydrogen-bond donors (Lipinski definition) is 2. The Kier molecular flexibility index (Phi) is 25.3. The van der Waals surface area contributed by atoms with Crippen molar-refractivity contribution < 1.29 is 10.2 Å². The van der Waals surface area contributed by atoms with E-state index in [1.165, 1.54) is 44.0 Å². The van der Waals surface area contributed by atoms with Crippen LogP contribution in [-0.4, -0.2) is 15.2 Å². The number of aromatic nitrogens is 1. The van der Waals surface area contributed by atoms with Gasteiger partial charge in [0.05, 0.1) is 0 Å². The third-order valence-corrected chi connectivity index (χ3v) is 11.8. The highest BCUT2D eigenvalue weighted by Gasteiger charge is 2.13. The molecule has 0 aliphatic rings. The average Bonchev–Trinajstić information content (AvgIpc) is 3.32. The van der Waals surface area contributed by atoms with Gasteiger partial charge in [0, 0.05) is 12.4 Å². The number of para-hydroxylation sites is 1. The number of pyridine rings is 1. The van der Waals surface area contributed by atoms with Crippen LogP contribution in [0.4, 0.5) is 0 Å². The van der Waals surface area contributed by atoms with E-state index in [4.69, 9.17) is 0 Å².